The molecule has 0 radical (unpaired) electrons. The predicted octanol–water partition coefficient (Wildman–Crippen LogP) is 5.46. The van der Waals surface area contributed by atoms with E-state index in [1.54, 1.807) is 24.1 Å². The number of rotatable bonds is 8. The zero-order valence-electron chi connectivity index (χ0n) is 18.0. The first kappa shape index (κ1) is 22.2. The van der Waals surface area contributed by atoms with E-state index in [0.29, 0.717) is 31.2 Å². The Morgan fingerprint density at radius 1 is 1.12 bits per heavy atom. The fourth-order valence-electron chi connectivity index (χ4n) is 3.87. The molecule has 4 rings (SSSR count). The Labute approximate surface area is 192 Å². The van der Waals surface area contributed by atoms with Crippen molar-refractivity contribution in [2.45, 2.75) is 38.1 Å². The lowest BCUT2D eigenvalue weighted by atomic mass is 9.80. The Balaban J connectivity index is 1.56. The van der Waals surface area contributed by atoms with Gasteiger partial charge in [-0.15, -0.1) is 0 Å². The Kier molecular flexibility index (Phi) is 7.00. The lowest BCUT2D eigenvalue weighted by molar-refractivity contribution is 0.0740. The van der Waals surface area contributed by atoms with Gasteiger partial charge in [0, 0.05) is 20.1 Å². The standard InChI is InChI=1S/C25H26ClFN4O/c1-28-24-23(30-22(26)15-29-24)25(32)31(14-13-17-7-11-21(27)12-8-17)16-18-5-9-20(10-6-18)19-3-2-4-19/h5-12,15,19H,2-4,13-14,16H2,1H3,(H,28,29). The minimum atomic E-state index is -0.277. The maximum absolute atomic E-state index is 13.5. The third-order valence-corrected chi connectivity index (χ3v) is 6.17. The predicted molar refractivity (Wildman–Crippen MR) is 124 cm³/mol. The summed E-state index contributed by atoms with van der Waals surface area (Å²) in [5, 5.41) is 3.08. The average Bonchev–Trinajstić information content (AvgIpc) is 2.77. The van der Waals surface area contributed by atoms with Gasteiger partial charge in [0.1, 0.15) is 11.0 Å². The van der Waals surface area contributed by atoms with Crippen LogP contribution >= 0.6 is 11.6 Å². The van der Waals surface area contributed by atoms with Crippen LogP contribution < -0.4 is 5.32 Å². The van der Waals surface area contributed by atoms with E-state index in [1.807, 2.05) is 0 Å². The number of hydrogen-bond acceptors (Lipinski definition) is 4. The fourth-order valence-corrected chi connectivity index (χ4v) is 4.01. The SMILES string of the molecule is CNc1ncc(Cl)nc1C(=O)N(CCc1ccc(F)cc1)Cc1ccc(C2CCC2)cc1. The molecule has 1 N–H and O–H groups in total. The number of nitrogens with zero attached hydrogens (tertiary/aromatic N) is 3. The third kappa shape index (κ3) is 5.25. The van der Waals surface area contributed by atoms with Crippen LogP contribution in [0, 0.1) is 5.82 Å². The molecule has 5 nitrogen and oxygen atoms in total. The second-order valence-electron chi connectivity index (χ2n) is 8.11. The molecule has 0 spiro atoms. The number of nitrogens with one attached hydrogen (secondary N) is 1. The zero-order chi connectivity index (χ0) is 22.5. The summed E-state index contributed by atoms with van der Waals surface area (Å²) in [7, 11) is 1.69. The van der Waals surface area contributed by atoms with Crippen LogP contribution in [0.2, 0.25) is 5.15 Å². The summed E-state index contributed by atoms with van der Waals surface area (Å²) in [4.78, 5) is 23.6. The molecule has 0 aliphatic heterocycles. The van der Waals surface area contributed by atoms with Crippen molar-refractivity contribution in [3.63, 3.8) is 0 Å². The molecule has 1 aliphatic rings. The number of aromatic nitrogens is 2. The quantitative estimate of drug-likeness (QED) is 0.492. The molecule has 166 valence electrons. The van der Waals surface area contributed by atoms with Gasteiger partial charge in [-0.1, -0.05) is 54.4 Å². The number of benzene rings is 2. The van der Waals surface area contributed by atoms with E-state index < -0.39 is 0 Å². The van der Waals surface area contributed by atoms with Crippen LogP contribution in [-0.4, -0.2) is 34.4 Å². The number of carbonyl (C=O) groups is 1. The molecular formula is C25H26ClFN4O. The molecule has 0 unspecified atom stereocenters. The van der Waals surface area contributed by atoms with E-state index in [4.69, 9.17) is 11.6 Å². The maximum Gasteiger partial charge on any atom is 0.276 e. The summed E-state index contributed by atoms with van der Waals surface area (Å²) in [6, 6.07) is 14.9. The smallest absolute Gasteiger partial charge is 0.276 e. The highest BCUT2D eigenvalue weighted by molar-refractivity contribution is 6.29. The first-order valence-electron chi connectivity index (χ1n) is 10.9. The highest BCUT2D eigenvalue weighted by Crippen LogP contribution is 2.36. The second-order valence-corrected chi connectivity index (χ2v) is 8.50. The van der Waals surface area contributed by atoms with Gasteiger partial charge in [0.25, 0.3) is 5.91 Å². The number of carbonyl (C=O) groups excluding carboxylic acids is 1. The largest absolute Gasteiger partial charge is 0.371 e. The van der Waals surface area contributed by atoms with Crippen LogP contribution in [-0.2, 0) is 13.0 Å². The minimum Gasteiger partial charge on any atom is -0.371 e. The number of halogens is 2. The molecule has 1 saturated carbocycles. The molecule has 1 fully saturated rings. The van der Waals surface area contributed by atoms with Gasteiger partial charge < -0.3 is 10.2 Å². The van der Waals surface area contributed by atoms with Gasteiger partial charge in [0.05, 0.1) is 6.20 Å². The molecule has 7 heteroatoms. The molecule has 0 saturated heterocycles. The number of amides is 1. The molecule has 32 heavy (non-hydrogen) atoms. The van der Waals surface area contributed by atoms with Crippen LogP contribution in [0.5, 0.6) is 0 Å². The summed E-state index contributed by atoms with van der Waals surface area (Å²) in [5.74, 6) is 0.516. The van der Waals surface area contributed by atoms with Gasteiger partial charge in [0.15, 0.2) is 11.5 Å². The van der Waals surface area contributed by atoms with E-state index >= 15 is 0 Å². The van der Waals surface area contributed by atoms with Gasteiger partial charge in [-0.25, -0.2) is 14.4 Å². The molecule has 1 aromatic heterocycles. The van der Waals surface area contributed by atoms with Crippen LogP contribution in [0.25, 0.3) is 0 Å². The summed E-state index contributed by atoms with van der Waals surface area (Å²) < 4.78 is 13.3. The molecular weight excluding hydrogens is 427 g/mol. The van der Waals surface area contributed by atoms with Gasteiger partial charge in [-0.3, -0.25) is 4.79 Å². The average molecular weight is 453 g/mol. The van der Waals surface area contributed by atoms with E-state index in [1.165, 1.54) is 43.2 Å². The zero-order valence-corrected chi connectivity index (χ0v) is 18.8. The molecule has 1 amide bonds. The van der Waals surface area contributed by atoms with E-state index in [9.17, 15) is 9.18 Å². The first-order chi connectivity index (χ1) is 15.5. The minimum absolute atomic E-state index is 0.163. The Morgan fingerprint density at radius 3 is 2.44 bits per heavy atom. The molecule has 1 aliphatic carbocycles. The topological polar surface area (TPSA) is 58.1 Å². The van der Waals surface area contributed by atoms with Crippen molar-refractivity contribution in [1.82, 2.24) is 14.9 Å². The van der Waals surface area contributed by atoms with Crippen molar-refractivity contribution < 1.29 is 9.18 Å². The Morgan fingerprint density at radius 2 is 1.81 bits per heavy atom. The van der Waals surface area contributed by atoms with Crippen molar-refractivity contribution in [2.75, 3.05) is 18.9 Å². The van der Waals surface area contributed by atoms with Gasteiger partial charge in [0.2, 0.25) is 0 Å². The molecule has 1 heterocycles. The van der Waals surface area contributed by atoms with E-state index in [-0.39, 0.29) is 22.6 Å². The van der Waals surface area contributed by atoms with Crippen molar-refractivity contribution in [2.24, 2.45) is 0 Å². The Hall–Kier alpha value is -2.99. The second kappa shape index (κ2) is 10.1. The third-order valence-electron chi connectivity index (χ3n) is 5.98. The molecule has 0 atom stereocenters. The lowest BCUT2D eigenvalue weighted by Crippen LogP contribution is -2.34. The molecule has 3 aromatic rings. The highest BCUT2D eigenvalue weighted by Gasteiger charge is 2.23. The van der Waals surface area contributed by atoms with Gasteiger partial charge >= 0.3 is 0 Å². The number of anilines is 1. The highest BCUT2D eigenvalue weighted by atomic mass is 35.5. The fraction of sp³-hybridized carbons (Fsp3) is 0.320. The van der Waals surface area contributed by atoms with Gasteiger partial charge in [-0.05, 0) is 54.0 Å². The maximum atomic E-state index is 13.5. The lowest BCUT2D eigenvalue weighted by Gasteiger charge is -2.26. The van der Waals surface area contributed by atoms with E-state index in [2.05, 4.69) is 39.6 Å². The van der Waals surface area contributed by atoms with Crippen LogP contribution in [0.3, 0.4) is 0 Å². The van der Waals surface area contributed by atoms with Crippen LogP contribution in [0.1, 0.15) is 52.4 Å². The van der Waals surface area contributed by atoms with Crippen LogP contribution in [0.15, 0.2) is 54.7 Å². The van der Waals surface area contributed by atoms with E-state index in [0.717, 1.165) is 11.1 Å². The summed E-state index contributed by atoms with van der Waals surface area (Å²) in [6.45, 7) is 0.883. The van der Waals surface area contributed by atoms with Crippen molar-refractivity contribution in [3.8, 4) is 0 Å². The summed E-state index contributed by atoms with van der Waals surface area (Å²) in [6.07, 6.45) is 5.80. The molecule has 0 bridgehead atoms. The number of hydrogen-bond donors (Lipinski definition) is 1. The summed E-state index contributed by atoms with van der Waals surface area (Å²) >= 11 is 6.03. The monoisotopic (exact) mass is 452 g/mol. The van der Waals surface area contributed by atoms with Crippen molar-refractivity contribution >= 4 is 23.3 Å². The van der Waals surface area contributed by atoms with Gasteiger partial charge in [-0.2, -0.15) is 0 Å². The normalized spacial score (nSPS) is 13.5. The Bertz CT molecular complexity index is 1070. The first-order valence-corrected chi connectivity index (χ1v) is 11.2. The summed E-state index contributed by atoms with van der Waals surface area (Å²) in [5.41, 5.74) is 3.55. The van der Waals surface area contributed by atoms with Crippen molar-refractivity contribution in [3.05, 3.63) is 88.1 Å². The molecule has 2 aromatic carbocycles. The van der Waals surface area contributed by atoms with Crippen LogP contribution in [0.4, 0.5) is 10.2 Å². The van der Waals surface area contributed by atoms with Crippen molar-refractivity contribution in [1.29, 1.82) is 0 Å².